The van der Waals surface area contributed by atoms with E-state index in [2.05, 4.69) is 7.81 Å². The molecule has 6 rings (SSSR count). The molecule has 1 unspecified atom stereocenters. The predicted molar refractivity (Wildman–Crippen MR) is 108 cm³/mol. The molecule has 14 heteroatoms. The van der Waals surface area contributed by atoms with Crippen molar-refractivity contribution < 1.29 is 53.3 Å². The first-order chi connectivity index (χ1) is 16.0. The van der Waals surface area contributed by atoms with Crippen molar-refractivity contribution >= 4 is 26.8 Å². The molecule has 0 aromatic heterocycles. The van der Waals surface area contributed by atoms with Crippen LogP contribution in [0.15, 0.2) is 48.5 Å². The second-order valence-electron chi connectivity index (χ2n) is 7.38. The van der Waals surface area contributed by atoms with Gasteiger partial charge in [-0.3, -0.25) is 0 Å². The van der Waals surface area contributed by atoms with Crippen LogP contribution in [0.25, 0.3) is 0 Å². The molecule has 34 heavy (non-hydrogen) atoms. The molecule has 1 spiro atoms. The molecule has 0 bridgehead atoms. The average molecular weight is 506 g/mol. The molecule has 3 aromatic rings. The van der Waals surface area contributed by atoms with E-state index in [1.807, 2.05) is 0 Å². The summed E-state index contributed by atoms with van der Waals surface area (Å²) in [5.41, 5.74) is -1.72. The fourth-order valence-corrected chi connectivity index (χ4v) is 6.02. The van der Waals surface area contributed by atoms with Crippen LogP contribution in [-0.2, 0) is 34.8 Å². The van der Waals surface area contributed by atoms with Crippen molar-refractivity contribution in [2.75, 3.05) is 0 Å². The highest BCUT2D eigenvalue weighted by atomic mass is 32.3. The van der Waals surface area contributed by atoms with Gasteiger partial charge in [0.1, 0.15) is 17.2 Å². The Bertz CT molecular complexity index is 1660. The SMILES string of the molecule is O=C1OC2(c3ccc(O)cc3Oc3cc(O)c4c(c32)OS(=O)(=O)OS(=O)(=O)O4)c2ccccc21. The monoisotopic (exact) mass is 506 g/mol. The van der Waals surface area contributed by atoms with Crippen molar-refractivity contribution in [1.29, 1.82) is 0 Å². The zero-order valence-electron chi connectivity index (χ0n) is 16.4. The van der Waals surface area contributed by atoms with Gasteiger partial charge in [0.2, 0.25) is 11.5 Å². The maximum absolute atomic E-state index is 12.9. The number of fused-ring (bicyclic) bond motifs is 8. The number of carbonyl (C=O) groups is 1. The number of hydrogen-bond acceptors (Lipinski definition) is 12. The Kier molecular flexibility index (Phi) is 3.82. The lowest BCUT2D eigenvalue weighted by molar-refractivity contribution is 0.0219. The van der Waals surface area contributed by atoms with E-state index in [9.17, 15) is 31.8 Å². The fourth-order valence-electron chi connectivity index (χ4n) is 4.25. The molecule has 174 valence electrons. The molecule has 3 aliphatic rings. The van der Waals surface area contributed by atoms with E-state index in [0.29, 0.717) is 0 Å². The second kappa shape index (κ2) is 6.31. The average Bonchev–Trinajstić information content (AvgIpc) is 2.96. The number of phenols is 2. The minimum absolute atomic E-state index is 0.0117. The number of carbonyl (C=O) groups excluding carboxylic acids is 1. The highest BCUT2D eigenvalue weighted by Gasteiger charge is 2.57. The number of phenolic OH excluding ortho intramolecular Hbond substituents is 2. The molecule has 0 saturated carbocycles. The maximum Gasteiger partial charge on any atom is 0.466 e. The van der Waals surface area contributed by atoms with Crippen LogP contribution in [0.4, 0.5) is 0 Å². The quantitative estimate of drug-likeness (QED) is 0.425. The Morgan fingerprint density at radius 2 is 1.50 bits per heavy atom. The first kappa shape index (κ1) is 20.6. The molecular weight excluding hydrogens is 496 g/mol. The highest BCUT2D eigenvalue weighted by molar-refractivity contribution is 7.95. The zero-order chi connectivity index (χ0) is 24.0. The van der Waals surface area contributed by atoms with Gasteiger partial charge >= 0.3 is 26.8 Å². The maximum atomic E-state index is 12.9. The van der Waals surface area contributed by atoms with E-state index in [-0.39, 0.29) is 39.5 Å². The van der Waals surface area contributed by atoms with Gasteiger partial charge in [0.25, 0.3) is 0 Å². The molecule has 3 aromatic carbocycles. The van der Waals surface area contributed by atoms with Gasteiger partial charge in [0, 0.05) is 23.3 Å². The van der Waals surface area contributed by atoms with E-state index in [0.717, 1.165) is 6.07 Å². The van der Waals surface area contributed by atoms with Crippen LogP contribution in [-0.4, -0.2) is 33.0 Å². The summed E-state index contributed by atoms with van der Waals surface area (Å²) in [6, 6.07) is 11.0. The summed E-state index contributed by atoms with van der Waals surface area (Å²) in [7, 11) is -10.5. The molecule has 3 heterocycles. The van der Waals surface area contributed by atoms with Gasteiger partial charge in [0.15, 0.2) is 11.4 Å². The van der Waals surface area contributed by atoms with Crippen LogP contribution >= 0.6 is 0 Å². The van der Waals surface area contributed by atoms with E-state index in [1.54, 1.807) is 12.1 Å². The van der Waals surface area contributed by atoms with Crippen molar-refractivity contribution in [2.45, 2.75) is 5.60 Å². The van der Waals surface area contributed by atoms with E-state index in [4.69, 9.17) is 13.7 Å². The summed E-state index contributed by atoms with van der Waals surface area (Å²) >= 11 is 0. The standard InChI is InChI=1S/C20H10O12S2/c21-9-5-6-12-14(7-9)28-15-8-13(22)17-18(31-34(26,27)32-33(24,25)30-17)16(15)20(12)11-4-2-1-3-10(11)19(23)29-20/h1-8,21-22H. The molecule has 0 radical (unpaired) electrons. The topological polar surface area (TPSA) is 172 Å². The number of ether oxygens (including phenoxy) is 2. The Balaban J connectivity index is 1.79. The van der Waals surface area contributed by atoms with Crippen LogP contribution in [0.3, 0.4) is 0 Å². The van der Waals surface area contributed by atoms with Gasteiger partial charge in [-0.25, -0.2) is 4.79 Å². The van der Waals surface area contributed by atoms with Crippen molar-refractivity contribution in [1.82, 2.24) is 0 Å². The number of esters is 1. The largest absolute Gasteiger partial charge is 0.508 e. The summed E-state index contributed by atoms with van der Waals surface area (Å²) in [5, 5.41) is 20.4. The van der Waals surface area contributed by atoms with Gasteiger partial charge in [-0.2, -0.15) is 16.8 Å². The van der Waals surface area contributed by atoms with Crippen molar-refractivity contribution in [3.05, 3.63) is 70.8 Å². The molecule has 2 N–H and O–H groups in total. The van der Waals surface area contributed by atoms with Crippen molar-refractivity contribution in [3.63, 3.8) is 0 Å². The molecule has 1 atom stereocenters. The first-order valence-corrected chi connectivity index (χ1v) is 12.0. The molecule has 0 aliphatic carbocycles. The summed E-state index contributed by atoms with van der Waals surface area (Å²) < 4.78 is 73.7. The molecule has 3 aliphatic heterocycles. The Morgan fingerprint density at radius 1 is 0.794 bits per heavy atom. The lowest BCUT2D eigenvalue weighted by atomic mass is 9.77. The molecule has 0 amide bonds. The predicted octanol–water partition coefficient (Wildman–Crippen LogP) is 1.94. The Labute approximate surface area is 191 Å². The highest BCUT2D eigenvalue weighted by Crippen LogP contribution is 2.62. The summed E-state index contributed by atoms with van der Waals surface area (Å²) in [6.07, 6.45) is 0. The van der Waals surface area contributed by atoms with Gasteiger partial charge < -0.3 is 28.1 Å². The van der Waals surface area contributed by atoms with E-state index < -0.39 is 49.6 Å². The minimum Gasteiger partial charge on any atom is -0.508 e. The third-order valence-electron chi connectivity index (χ3n) is 5.41. The molecule has 0 saturated heterocycles. The van der Waals surface area contributed by atoms with Gasteiger partial charge in [-0.15, -0.1) is 0 Å². The fraction of sp³-hybridized carbons (Fsp3) is 0.0500. The first-order valence-electron chi connectivity index (χ1n) is 9.35. The third kappa shape index (κ3) is 2.69. The Hall–Kier alpha value is -4.01. The number of benzene rings is 3. The van der Waals surface area contributed by atoms with Crippen molar-refractivity contribution in [2.24, 2.45) is 0 Å². The molecular formula is C20H10O12S2. The molecule has 12 nitrogen and oxygen atoms in total. The van der Waals surface area contributed by atoms with Crippen LogP contribution < -0.4 is 13.1 Å². The lowest BCUT2D eigenvalue weighted by Gasteiger charge is -2.37. The van der Waals surface area contributed by atoms with Crippen LogP contribution in [0.1, 0.15) is 27.0 Å². The number of hydrogen-bond donors (Lipinski definition) is 2. The van der Waals surface area contributed by atoms with Crippen molar-refractivity contribution in [3.8, 4) is 34.5 Å². The smallest absolute Gasteiger partial charge is 0.466 e. The minimum atomic E-state index is -5.27. The molecule has 0 fully saturated rings. The number of aromatic hydroxyl groups is 2. The van der Waals surface area contributed by atoms with Crippen LogP contribution in [0, 0.1) is 0 Å². The van der Waals surface area contributed by atoms with Crippen LogP contribution in [0.5, 0.6) is 34.5 Å². The second-order valence-corrected chi connectivity index (χ2v) is 9.89. The summed E-state index contributed by atoms with van der Waals surface area (Å²) in [4.78, 5) is 12.9. The summed E-state index contributed by atoms with van der Waals surface area (Å²) in [6.45, 7) is 0. The van der Waals surface area contributed by atoms with Gasteiger partial charge in [-0.05, 0) is 18.2 Å². The summed E-state index contributed by atoms with van der Waals surface area (Å²) in [5.74, 6) is -3.88. The van der Waals surface area contributed by atoms with Crippen LogP contribution in [0.2, 0.25) is 0 Å². The van der Waals surface area contributed by atoms with Gasteiger partial charge in [-0.1, -0.05) is 21.8 Å². The third-order valence-corrected chi connectivity index (χ3v) is 7.48. The van der Waals surface area contributed by atoms with E-state index >= 15 is 0 Å². The van der Waals surface area contributed by atoms with Gasteiger partial charge in [0.05, 0.1) is 11.1 Å². The lowest BCUT2D eigenvalue weighted by Crippen LogP contribution is -2.34. The zero-order valence-corrected chi connectivity index (χ0v) is 18.0. The van der Waals surface area contributed by atoms with E-state index in [1.165, 1.54) is 30.3 Å². The number of rotatable bonds is 0. The normalized spacial score (nSPS) is 22.5. The Morgan fingerprint density at radius 3 is 2.26 bits per heavy atom.